The molecule has 1 atom stereocenters. The fraction of sp³-hybridized carbons (Fsp3) is 0.200. The number of hydrogen-bond acceptors (Lipinski definition) is 3. The fourth-order valence-electron chi connectivity index (χ4n) is 1.86. The average molecular weight is 288 g/mol. The molecule has 2 rings (SSSR count). The number of nitrogens with one attached hydrogen (secondary N) is 2. The first-order valence-corrected chi connectivity index (χ1v) is 6.78. The van der Waals surface area contributed by atoms with Crippen molar-refractivity contribution in [1.82, 2.24) is 10.3 Å². The molecule has 5 heteroatoms. The average Bonchev–Trinajstić information content (AvgIpc) is 2.48. The quantitative estimate of drug-likeness (QED) is 0.741. The van der Waals surface area contributed by atoms with Gasteiger partial charge in [-0.05, 0) is 24.1 Å². The van der Waals surface area contributed by atoms with E-state index in [9.17, 15) is 9.90 Å². The molecule has 1 amide bonds. The molecule has 0 aliphatic heterocycles. The molecule has 1 heterocycles. The highest BCUT2D eigenvalue weighted by Crippen LogP contribution is 2.14. The summed E-state index contributed by atoms with van der Waals surface area (Å²) in [6.07, 6.45) is 1.55. The van der Waals surface area contributed by atoms with Crippen LogP contribution in [0.3, 0.4) is 0 Å². The van der Waals surface area contributed by atoms with Crippen LogP contribution in [0.15, 0.2) is 48.7 Å². The summed E-state index contributed by atoms with van der Waals surface area (Å²) < 4.78 is 0.411. The van der Waals surface area contributed by atoms with Gasteiger partial charge in [0, 0.05) is 12.7 Å². The van der Waals surface area contributed by atoms with Crippen LogP contribution in [0.1, 0.15) is 28.4 Å². The Balaban J connectivity index is 1.86. The number of aromatic nitrogens is 1. The number of carbonyl (C=O) groups excluding carboxylic acids is 1. The van der Waals surface area contributed by atoms with Crippen LogP contribution in [-0.4, -0.2) is 22.5 Å². The lowest BCUT2D eigenvalue weighted by Crippen LogP contribution is -2.26. The van der Waals surface area contributed by atoms with E-state index in [0.29, 0.717) is 23.2 Å². The second kappa shape index (κ2) is 6.98. The van der Waals surface area contributed by atoms with E-state index < -0.39 is 6.10 Å². The standard InChI is InChI=1S/C15H16N2O2S/c18-13(11-5-2-1-3-6-11)8-10-16-14(19)12-7-4-9-17-15(12)20/h1-7,9,13,18H,8,10H2,(H,16,19)(H,17,20). The Hall–Kier alpha value is -1.98. The zero-order valence-corrected chi connectivity index (χ0v) is 11.7. The molecule has 3 N–H and O–H groups in total. The molecule has 20 heavy (non-hydrogen) atoms. The van der Waals surface area contributed by atoms with Gasteiger partial charge < -0.3 is 15.4 Å². The summed E-state index contributed by atoms with van der Waals surface area (Å²) in [6.45, 7) is 0.387. The lowest BCUT2D eigenvalue weighted by atomic mass is 10.1. The number of benzene rings is 1. The van der Waals surface area contributed by atoms with Gasteiger partial charge in [-0.2, -0.15) is 0 Å². The van der Waals surface area contributed by atoms with Crippen molar-refractivity contribution in [3.8, 4) is 0 Å². The number of aliphatic hydroxyl groups is 1. The van der Waals surface area contributed by atoms with Crippen LogP contribution in [0, 0.1) is 4.64 Å². The monoisotopic (exact) mass is 288 g/mol. The predicted molar refractivity (Wildman–Crippen MR) is 80.0 cm³/mol. The third-order valence-corrected chi connectivity index (χ3v) is 3.29. The Labute approximate surface area is 122 Å². The number of amides is 1. The Bertz CT molecular complexity index is 625. The van der Waals surface area contributed by atoms with Gasteiger partial charge in [0.1, 0.15) is 4.64 Å². The van der Waals surface area contributed by atoms with Crippen molar-refractivity contribution in [2.75, 3.05) is 6.54 Å². The topological polar surface area (TPSA) is 65.1 Å². The Kier molecular flexibility index (Phi) is 5.03. The van der Waals surface area contributed by atoms with E-state index >= 15 is 0 Å². The second-order valence-corrected chi connectivity index (χ2v) is 4.79. The number of aliphatic hydroxyl groups excluding tert-OH is 1. The summed E-state index contributed by atoms with van der Waals surface area (Å²) >= 11 is 5.04. The summed E-state index contributed by atoms with van der Waals surface area (Å²) in [7, 11) is 0. The van der Waals surface area contributed by atoms with Gasteiger partial charge in [0.2, 0.25) is 0 Å². The highest BCUT2D eigenvalue weighted by atomic mass is 32.1. The maximum absolute atomic E-state index is 11.9. The van der Waals surface area contributed by atoms with Crippen LogP contribution in [0.5, 0.6) is 0 Å². The van der Waals surface area contributed by atoms with Crippen LogP contribution < -0.4 is 5.32 Å². The Morgan fingerprint density at radius 1 is 1.25 bits per heavy atom. The molecule has 0 bridgehead atoms. The summed E-state index contributed by atoms with van der Waals surface area (Å²) in [6, 6.07) is 12.8. The van der Waals surface area contributed by atoms with E-state index in [1.54, 1.807) is 18.3 Å². The molecule has 1 unspecified atom stereocenters. The predicted octanol–water partition coefficient (Wildman–Crippen LogP) is 2.60. The van der Waals surface area contributed by atoms with Gasteiger partial charge in [-0.25, -0.2) is 0 Å². The smallest absolute Gasteiger partial charge is 0.254 e. The highest BCUT2D eigenvalue weighted by Gasteiger charge is 2.09. The minimum Gasteiger partial charge on any atom is -0.388 e. The van der Waals surface area contributed by atoms with Gasteiger partial charge in [0.05, 0.1) is 11.7 Å². The van der Waals surface area contributed by atoms with Gasteiger partial charge in [0.25, 0.3) is 5.91 Å². The Morgan fingerprint density at radius 2 is 2.00 bits per heavy atom. The van der Waals surface area contributed by atoms with E-state index in [0.717, 1.165) is 5.56 Å². The molecule has 0 aliphatic carbocycles. The van der Waals surface area contributed by atoms with Crippen LogP contribution >= 0.6 is 12.2 Å². The molecule has 104 valence electrons. The summed E-state index contributed by atoms with van der Waals surface area (Å²) in [4.78, 5) is 14.7. The normalized spacial score (nSPS) is 11.8. The van der Waals surface area contributed by atoms with Gasteiger partial charge in [0.15, 0.2) is 0 Å². The number of aromatic amines is 1. The number of H-pyrrole nitrogens is 1. The molecule has 1 aromatic carbocycles. The number of pyridine rings is 1. The molecule has 1 aromatic heterocycles. The van der Waals surface area contributed by atoms with Crippen LogP contribution in [-0.2, 0) is 0 Å². The highest BCUT2D eigenvalue weighted by molar-refractivity contribution is 7.71. The van der Waals surface area contributed by atoms with E-state index in [-0.39, 0.29) is 5.91 Å². The van der Waals surface area contributed by atoms with Gasteiger partial charge in [-0.3, -0.25) is 4.79 Å². The van der Waals surface area contributed by atoms with E-state index in [2.05, 4.69) is 10.3 Å². The maximum atomic E-state index is 11.9. The fourth-order valence-corrected chi connectivity index (χ4v) is 2.09. The van der Waals surface area contributed by atoms with Gasteiger partial charge >= 0.3 is 0 Å². The minimum atomic E-state index is -0.582. The first-order chi connectivity index (χ1) is 9.68. The third kappa shape index (κ3) is 3.76. The largest absolute Gasteiger partial charge is 0.388 e. The SMILES string of the molecule is O=C(NCCC(O)c1ccccc1)c1ccc[nH]c1=S. The molecule has 0 fully saturated rings. The minimum absolute atomic E-state index is 0.230. The van der Waals surface area contributed by atoms with Crippen molar-refractivity contribution in [2.45, 2.75) is 12.5 Å². The molecule has 0 saturated heterocycles. The van der Waals surface area contributed by atoms with Gasteiger partial charge in [-0.1, -0.05) is 42.5 Å². The lowest BCUT2D eigenvalue weighted by Gasteiger charge is -2.11. The van der Waals surface area contributed by atoms with Crippen LogP contribution in [0.2, 0.25) is 0 Å². The first kappa shape index (κ1) is 14.4. The van der Waals surface area contributed by atoms with E-state index in [1.165, 1.54) is 0 Å². The second-order valence-electron chi connectivity index (χ2n) is 4.38. The van der Waals surface area contributed by atoms with Crippen molar-refractivity contribution in [3.05, 3.63) is 64.4 Å². The zero-order chi connectivity index (χ0) is 14.4. The molecule has 2 aromatic rings. The molecular formula is C15H16N2O2S. The molecule has 4 nitrogen and oxygen atoms in total. The maximum Gasteiger partial charge on any atom is 0.254 e. The van der Waals surface area contributed by atoms with Crippen molar-refractivity contribution >= 4 is 18.1 Å². The van der Waals surface area contributed by atoms with E-state index in [1.807, 2.05) is 30.3 Å². The number of hydrogen-bond donors (Lipinski definition) is 3. The molecule has 0 saturated carbocycles. The van der Waals surface area contributed by atoms with Crippen molar-refractivity contribution in [2.24, 2.45) is 0 Å². The molecule has 0 aliphatic rings. The van der Waals surface area contributed by atoms with E-state index in [4.69, 9.17) is 12.2 Å². The molecular weight excluding hydrogens is 272 g/mol. The lowest BCUT2D eigenvalue weighted by molar-refractivity contribution is 0.0942. The number of rotatable bonds is 5. The zero-order valence-electron chi connectivity index (χ0n) is 10.9. The molecule has 0 radical (unpaired) electrons. The van der Waals surface area contributed by atoms with Crippen LogP contribution in [0.25, 0.3) is 0 Å². The van der Waals surface area contributed by atoms with Crippen LogP contribution in [0.4, 0.5) is 0 Å². The third-order valence-electron chi connectivity index (χ3n) is 2.95. The first-order valence-electron chi connectivity index (χ1n) is 6.37. The Morgan fingerprint density at radius 3 is 2.70 bits per heavy atom. The summed E-state index contributed by atoms with van der Waals surface area (Å²) in [5.74, 6) is -0.230. The number of carbonyl (C=O) groups is 1. The van der Waals surface area contributed by atoms with Crippen molar-refractivity contribution in [3.63, 3.8) is 0 Å². The van der Waals surface area contributed by atoms with Crippen molar-refractivity contribution < 1.29 is 9.90 Å². The summed E-state index contributed by atoms with van der Waals surface area (Å²) in [5, 5.41) is 12.7. The van der Waals surface area contributed by atoms with Crippen molar-refractivity contribution in [1.29, 1.82) is 0 Å². The van der Waals surface area contributed by atoms with Gasteiger partial charge in [-0.15, -0.1) is 0 Å². The summed E-state index contributed by atoms with van der Waals surface area (Å²) in [5.41, 5.74) is 1.29. The molecule has 0 spiro atoms.